The molecule has 2 aromatic rings. The van der Waals surface area contributed by atoms with Gasteiger partial charge in [0.05, 0.1) is 5.51 Å². The van der Waals surface area contributed by atoms with Crippen LogP contribution >= 0.6 is 27.3 Å². The Morgan fingerprint density at radius 3 is 2.68 bits per heavy atom. The Morgan fingerprint density at radius 2 is 2.05 bits per heavy atom. The highest BCUT2D eigenvalue weighted by Gasteiger charge is 2.10. The van der Waals surface area contributed by atoms with Crippen LogP contribution in [0.25, 0.3) is 0 Å². The normalized spacial score (nSPS) is 12.5. The predicted molar refractivity (Wildman–Crippen MR) is 85.7 cm³/mol. The zero-order valence-electron chi connectivity index (χ0n) is 11.1. The molecule has 0 saturated heterocycles. The van der Waals surface area contributed by atoms with Gasteiger partial charge in [0, 0.05) is 21.6 Å². The van der Waals surface area contributed by atoms with Gasteiger partial charge in [-0.25, -0.2) is 0 Å². The number of thiazole rings is 1. The fourth-order valence-corrected chi connectivity index (χ4v) is 3.00. The Labute approximate surface area is 127 Å². The SMILES string of the molecule is CCCNC(Cc1ccc(Br)cc1)Cc1cncs1. The minimum absolute atomic E-state index is 0.488. The maximum Gasteiger partial charge on any atom is 0.0794 e. The molecule has 2 nitrogen and oxygen atoms in total. The van der Waals surface area contributed by atoms with Gasteiger partial charge in [-0.1, -0.05) is 35.0 Å². The van der Waals surface area contributed by atoms with E-state index in [4.69, 9.17) is 0 Å². The molecular formula is C15H19BrN2S. The summed E-state index contributed by atoms with van der Waals surface area (Å²) in [5.74, 6) is 0. The third-order valence-corrected chi connectivity index (χ3v) is 4.34. The van der Waals surface area contributed by atoms with Crippen LogP contribution in [0.5, 0.6) is 0 Å². The monoisotopic (exact) mass is 338 g/mol. The molecule has 0 bridgehead atoms. The van der Waals surface area contributed by atoms with Gasteiger partial charge < -0.3 is 5.32 Å². The molecule has 1 aromatic carbocycles. The molecule has 0 radical (unpaired) electrons. The first-order valence-electron chi connectivity index (χ1n) is 6.63. The van der Waals surface area contributed by atoms with E-state index in [1.54, 1.807) is 11.3 Å². The second-order valence-corrected chi connectivity index (χ2v) is 6.54. The first-order chi connectivity index (χ1) is 9.28. The van der Waals surface area contributed by atoms with Crippen LogP contribution in [0, 0.1) is 0 Å². The van der Waals surface area contributed by atoms with Crippen molar-refractivity contribution in [2.24, 2.45) is 0 Å². The highest BCUT2D eigenvalue weighted by atomic mass is 79.9. The van der Waals surface area contributed by atoms with Crippen molar-refractivity contribution in [1.82, 2.24) is 10.3 Å². The largest absolute Gasteiger partial charge is 0.313 e. The molecule has 1 atom stereocenters. The highest BCUT2D eigenvalue weighted by Crippen LogP contribution is 2.15. The number of hydrogen-bond acceptors (Lipinski definition) is 3. The average Bonchev–Trinajstić information content (AvgIpc) is 2.91. The van der Waals surface area contributed by atoms with Gasteiger partial charge in [0.1, 0.15) is 0 Å². The molecule has 102 valence electrons. The van der Waals surface area contributed by atoms with Gasteiger partial charge in [-0.15, -0.1) is 11.3 Å². The zero-order valence-corrected chi connectivity index (χ0v) is 13.5. The van der Waals surface area contributed by atoms with E-state index in [1.165, 1.54) is 16.9 Å². The van der Waals surface area contributed by atoms with E-state index in [0.717, 1.165) is 23.9 Å². The number of nitrogens with zero attached hydrogens (tertiary/aromatic N) is 1. The molecule has 0 aliphatic rings. The van der Waals surface area contributed by atoms with Gasteiger partial charge in [-0.2, -0.15) is 0 Å². The number of aromatic nitrogens is 1. The molecule has 1 unspecified atom stereocenters. The first-order valence-corrected chi connectivity index (χ1v) is 8.30. The standard InChI is InChI=1S/C15H19BrN2S/c1-2-7-18-14(9-15-10-17-11-19-15)8-12-3-5-13(16)6-4-12/h3-6,10-11,14,18H,2,7-9H2,1H3. The van der Waals surface area contributed by atoms with Crippen LogP contribution in [0.3, 0.4) is 0 Å². The zero-order chi connectivity index (χ0) is 13.5. The second kappa shape index (κ2) is 7.78. The summed E-state index contributed by atoms with van der Waals surface area (Å²) in [4.78, 5) is 5.51. The molecule has 1 heterocycles. The Balaban J connectivity index is 1.98. The van der Waals surface area contributed by atoms with Crippen molar-refractivity contribution in [3.8, 4) is 0 Å². The molecule has 1 aromatic heterocycles. The number of halogens is 1. The lowest BCUT2D eigenvalue weighted by atomic mass is 10.0. The molecule has 4 heteroatoms. The Kier molecular flexibility index (Phi) is 6.01. The smallest absolute Gasteiger partial charge is 0.0794 e. The summed E-state index contributed by atoms with van der Waals surface area (Å²) < 4.78 is 1.14. The van der Waals surface area contributed by atoms with Crippen LogP contribution in [0.15, 0.2) is 40.4 Å². The summed E-state index contributed by atoms with van der Waals surface area (Å²) in [6.45, 7) is 3.27. The van der Waals surface area contributed by atoms with Gasteiger partial charge >= 0.3 is 0 Å². The van der Waals surface area contributed by atoms with Crippen LogP contribution in [-0.4, -0.2) is 17.6 Å². The van der Waals surface area contributed by atoms with E-state index < -0.39 is 0 Å². The minimum atomic E-state index is 0.488. The number of hydrogen-bond donors (Lipinski definition) is 1. The van der Waals surface area contributed by atoms with Crippen LogP contribution < -0.4 is 5.32 Å². The van der Waals surface area contributed by atoms with Crippen LogP contribution in [0.4, 0.5) is 0 Å². The molecule has 0 amide bonds. The molecular weight excluding hydrogens is 320 g/mol. The minimum Gasteiger partial charge on any atom is -0.313 e. The van der Waals surface area contributed by atoms with E-state index in [0.29, 0.717) is 6.04 Å². The first kappa shape index (κ1) is 14.7. The highest BCUT2D eigenvalue weighted by molar-refractivity contribution is 9.10. The molecule has 0 saturated carbocycles. The number of nitrogens with one attached hydrogen (secondary N) is 1. The summed E-state index contributed by atoms with van der Waals surface area (Å²) in [5.41, 5.74) is 3.28. The van der Waals surface area contributed by atoms with E-state index >= 15 is 0 Å². The molecule has 0 aliphatic heterocycles. The summed E-state index contributed by atoms with van der Waals surface area (Å²) >= 11 is 5.22. The maximum atomic E-state index is 4.16. The van der Waals surface area contributed by atoms with E-state index in [2.05, 4.69) is 57.4 Å². The molecule has 0 spiro atoms. The fraction of sp³-hybridized carbons (Fsp3) is 0.400. The van der Waals surface area contributed by atoms with Crippen molar-refractivity contribution in [1.29, 1.82) is 0 Å². The van der Waals surface area contributed by atoms with Crippen LogP contribution in [-0.2, 0) is 12.8 Å². The number of benzene rings is 1. The lowest BCUT2D eigenvalue weighted by Crippen LogP contribution is -2.33. The van der Waals surface area contributed by atoms with Crippen LogP contribution in [0.2, 0.25) is 0 Å². The van der Waals surface area contributed by atoms with Gasteiger partial charge in [0.15, 0.2) is 0 Å². The van der Waals surface area contributed by atoms with Crippen molar-refractivity contribution in [3.63, 3.8) is 0 Å². The molecule has 2 rings (SSSR count). The summed E-state index contributed by atoms with van der Waals surface area (Å²) in [6.07, 6.45) is 5.26. The third-order valence-electron chi connectivity index (χ3n) is 3.01. The molecule has 0 fully saturated rings. The van der Waals surface area contributed by atoms with E-state index in [1.807, 2.05) is 11.7 Å². The summed E-state index contributed by atoms with van der Waals surface area (Å²) in [6, 6.07) is 9.09. The van der Waals surface area contributed by atoms with Gasteiger partial charge in [-0.3, -0.25) is 4.98 Å². The fourth-order valence-electron chi connectivity index (χ4n) is 2.06. The summed E-state index contributed by atoms with van der Waals surface area (Å²) in [7, 11) is 0. The Bertz CT molecular complexity index is 467. The number of rotatable bonds is 7. The predicted octanol–water partition coefficient (Wildman–Crippen LogP) is 4.06. The van der Waals surface area contributed by atoms with E-state index in [9.17, 15) is 0 Å². The molecule has 19 heavy (non-hydrogen) atoms. The van der Waals surface area contributed by atoms with Crippen LogP contribution in [0.1, 0.15) is 23.8 Å². The van der Waals surface area contributed by atoms with Crippen molar-refractivity contribution in [2.75, 3.05) is 6.54 Å². The Hall–Kier alpha value is -0.710. The van der Waals surface area contributed by atoms with Gasteiger partial charge in [-0.05, 0) is 43.5 Å². The molecule has 1 N–H and O–H groups in total. The van der Waals surface area contributed by atoms with Gasteiger partial charge in [0.2, 0.25) is 0 Å². The van der Waals surface area contributed by atoms with Crippen molar-refractivity contribution in [3.05, 3.63) is 50.9 Å². The van der Waals surface area contributed by atoms with Crippen molar-refractivity contribution >= 4 is 27.3 Å². The molecule has 0 aliphatic carbocycles. The van der Waals surface area contributed by atoms with Crippen molar-refractivity contribution < 1.29 is 0 Å². The average molecular weight is 339 g/mol. The Morgan fingerprint density at radius 1 is 1.26 bits per heavy atom. The van der Waals surface area contributed by atoms with Gasteiger partial charge in [0.25, 0.3) is 0 Å². The van der Waals surface area contributed by atoms with Crippen molar-refractivity contribution in [2.45, 2.75) is 32.2 Å². The summed E-state index contributed by atoms with van der Waals surface area (Å²) in [5, 5.41) is 3.64. The lowest BCUT2D eigenvalue weighted by Gasteiger charge is -2.18. The second-order valence-electron chi connectivity index (χ2n) is 4.65. The van der Waals surface area contributed by atoms with E-state index in [-0.39, 0.29) is 0 Å². The quantitative estimate of drug-likeness (QED) is 0.823. The maximum absolute atomic E-state index is 4.16. The lowest BCUT2D eigenvalue weighted by molar-refractivity contribution is 0.507. The topological polar surface area (TPSA) is 24.9 Å². The third kappa shape index (κ3) is 5.05.